The number of benzene rings is 2. The second-order valence-electron chi connectivity index (χ2n) is 4.01. The quantitative estimate of drug-likeness (QED) is 0.584. The third-order valence-corrected chi connectivity index (χ3v) is 3.90. The molecule has 1 N–H and O–H groups in total. The lowest BCUT2D eigenvalue weighted by molar-refractivity contribution is -0.384. The third-order valence-electron chi connectivity index (χ3n) is 2.64. The standard InChI is InChI=1S/C13H9BrCl2N2O2/c14-11-6-10(18(19)20)2-4-13(11)17-7-8-5-9(15)1-3-12(8)16/h1-6,17H,7H2. The first-order chi connectivity index (χ1) is 9.47. The second kappa shape index (κ2) is 6.43. The summed E-state index contributed by atoms with van der Waals surface area (Å²) in [6, 6.07) is 9.74. The fraction of sp³-hybridized carbons (Fsp3) is 0.0769. The lowest BCUT2D eigenvalue weighted by Crippen LogP contribution is -2.01. The van der Waals surface area contributed by atoms with Gasteiger partial charge in [-0.1, -0.05) is 23.2 Å². The lowest BCUT2D eigenvalue weighted by Gasteiger charge is -2.10. The summed E-state index contributed by atoms with van der Waals surface area (Å²) in [5.41, 5.74) is 1.62. The van der Waals surface area contributed by atoms with Gasteiger partial charge in [-0.3, -0.25) is 10.1 Å². The Balaban J connectivity index is 2.15. The van der Waals surface area contributed by atoms with Crippen LogP contribution in [0.4, 0.5) is 11.4 Å². The number of non-ortho nitro benzene ring substituents is 1. The molecule has 0 radical (unpaired) electrons. The van der Waals surface area contributed by atoms with Gasteiger partial charge in [-0.15, -0.1) is 0 Å². The molecule has 0 spiro atoms. The van der Waals surface area contributed by atoms with Crippen LogP contribution >= 0.6 is 39.1 Å². The Morgan fingerprint density at radius 3 is 2.60 bits per heavy atom. The number of halogens is 3. The fourth-order valence-electron chi connectivity index (χ4n) is 1.63. The highest BCUT2D eigenvalue weighted by atomic mass is 79.9. The lowest BCUT2D eigenvalue weighted by atomic mass is 10.2. The van der Waals surface area contributed by atoms with Gasteiger partial charge < -0.3 is 5.32 Å². The van der Waals surface area contributed by atoms with Crippen LogP contribution in [0, 0.1) is 10.1 Å². The molecule has 0 bridgehead atoms. The molecular formula is C13H9BrCl2N2O2. The van der Waals surface area contributed by atoms with Gasteiger partial charge in [0.05, 0.1) is 4.92 Å². The van der Waals surface area contributed by atoms with Crippen LogP contribution in [-0.2, 0) is 6.54 Å². The molecule has 0 heterocycles. The normalized spacial score (nSPS) is 10.3. The molecule has 0 amide bonds. The van der Waals surface area contributed by atoms with E-state index in [1.807, 2.05) is 0 Å². The molecule has 2 aromatic carbocycles. The molecular weight excluding hydrogens is 367 g/mol. The number of nitrogens with one attached hydrogen (secondary N) is 1. The molecule has 4 nitrogen and oxygen atoms in total. The number of hydrogen-bond donors (Lipinski definition) is 1. The van der Waals surface area contributed by atoms with Crippen LogP contribution in [0.2, 0.25) is 10.0 Å². The molecule has 0 saturated carbocycles. The molecule has 2 rings (SSSR count). The molecule has 7 heteroatoms. The highest BCUT2D eigenvalue weighted by Gasteiger charge is 2.09. The summed E-state index contributed by atoms with van der Waals surface area (Å²) in [6.07, 6.45) is 0. The van der Waals surface area contributed by atoms with E-state index in [2.05, 4.69) is 21.2 Å². The van der Waals surface area contributed by atoms with Crippen molar-refractivity contribution in [3.63, 3.8) is 0 Å². The topological polar surface area (TPSA) is 55.2 Å². The third kappa shape index (κ3) is 3.62. The minimum Gasteiger partial charge on any atom is -0.380 e. The van der Waals surface area contributed by atoms with E-state index >= 15 is 0 Å². The number of nitro groups is 1. The van der Waals surface area contributed by atoms with E-state index in [-0.39, 0.29) is 5.69 Å². The summed E-state index contributed by atoms with van der Waals surface area (Å²) in [6.45, 7) is 0.468. The summed E-state index contributed by atoms with van der Waals surface area (Å²) in [4.78, 5) is 10.2. The van der Waals surface area contributed by atoms with Crippen LogP contribution in [-0.4, -0.2) is 4.92 Å². The fourth-order valence-corrected chi connectivity index (χ4v) is 2.52. The van der Waals surface area contributed by atoms with Gasteiger partial charge in [-0.05, 0) is 45.8 Å². The van der Waals surface area contributed by atoms with Gasteiger partial charge >= 0.3 is 0 Å². The summed E-state index contributed by atoms with van der Waals surface area (Å²) < 4.78 is 0.616. The smallest absolute Gasteiger partial charge is 0.270 e. The average molecular weight is 376 g/mol. The SMILES string of the molecule is O=[N+]([O-])c1ccc(NCc2cc(Cl)ccc2Cl)c(Br)c1. The highest BCUT2D eigenvalue weighted by molar-refractivity contribution is 9.10. The molecule has 104 valence electrons. The van der Waals surface area contributed by atoms with E-state index in [1.165, 1.54) is 12.1 Å². The molecule has 0 aliphatic carbocycles. The zero-order valence-corrected chi connectivity index (χ0v) is 13.2. The van der Waals surface area contributed by atoms with Crippen molar-refractivity contribution in [2.45, 2.75) is 6.54 Å². The Bertz CT molecular complexity index is 665. The van der Waals surface area contributed by atoms with Gasteiger partial charge in [0.25, 0.3) is 5.69 Å². The van der Waals surface area contributed by atoms with Gasteiger partial charge in [0, 0.05) is 38.9 Å². The number of nitrogens with zero attached hydrogens (tertiary/aromatic N) is 1. The minimum atomic E-state index is -0.442. The van der Waals surface area contributed by atoms with Crippen molar-refractivity contribution >= 4 is 50.5 Å². The number of anilines is 1. The zero-order chi connectivity index (χ0) is 14.7. The van der Waals surface area contributed by atoms with Crippen LogP contribution in [0.5, 0.6) is 0 Å². The molecule has 0 aliphatic rings. The molecule has 0 atom stereocenters. The first-order valence-corrected chi connectivity index (χ1v) is 7.14. The molecule has 20 heavy (non-hydrogen) atoms. The van der Waals surface area contributed by atoms with Crippen molar-refractivity contribution in [3.8, 4) is 0 Å². The Hall–Kier alpha value is -1.30. The highest BCUT2D eigenvalue weighted by Crippen LogP contribution is 2.28. The summed E-state index contributed by atoms with van der Waals surface area (Å²) >= 11 is 15.3. The maximum Gasteiger partial charge on any atom is 0.270 e. The van der Waals surface area contributed by atoms with Crippen LogP contribution < -0.4 is 5.32 Å². The molecule has 0 aliphatic heterocycles. The average Bonchev–Trinajstić information content (AvgIpc) is 2.40. The van der Waals surface area contributed by atoms with E-state index in [0.717, 1.165) is 11.3 Å². The Kier molecular flexibility index (Phi) is 4.86. The monoisotopic (exact) mass is 374 g/mol. The van der Waals surface area contributed by atoms with Gasteiger partial charge in [0.1, 0.15) is 0 Å². The molecule has 0 saturated heterocycles. The van der Waals surface area contributed by atoms with Crippen molar-refractivity contribution in [1.82, 2.24) is 0 Å². The number of nitro benzene ring substituents is 1. The molecule has 0 unspecified atom stereocenters. The second-order valence-corrected chi connectivity index (χ2v) is 5.71. The maximum atomic E-state index is 10.7. The Morgan fingerprint density at radius 2 is 1.95 bits per heavy atom. The summed E-state index contributed by atoms with van der Waals surface area (Å²) in [7, 11) is 0. The van der Waals surface area contributed by atoms with Crippen molar-refractivity contribution in [2.24, 2.45) is 0 Å². The summed E-state index contributed by atoms with van der Waals surface area (Å²) in [5.74, 6) is 0. The first kappa shape index (κ1) is 15.1. The molecule has 2 aromatic rings. The van der Waals surface area contributed by atoms with Gasteiger partial charge in [-0.2, -0.15) is 0 Å². The van der Waals surface area contributed by atoms with Crippen molar-refractivity contribution in [2.75, 3.05) is 5.32 Å². The van der Waals surface area contributed by atoms with E-state index in [1.54, 1.807) is 24.3 Å². The predicted molar refractivity (Wildman–Crippen MR) is 84.6 cm³/mol. The van der Waals surface area contributed by atoms with Crippen LogP contribution in [0.15, 0.2) is 40.9 Å². The summed E-state index contributed by atoms with van der Waals surface area (Å²) in [5, 5.41) is 15.0. The zero-order valence-electron chi connectivity index (χ0n) is 10.1. The molecule has 0 fully saturated rings. The van der Waals surface area contributed by atoms with E-state index < -0.39 is 4.92 Å². The predicted octanol–water partition coefficient (Wildman–Crippen LogP) is 5.28. The van der Waals surface area contributed by atoms with Crippen LogP contribution in [0.3, 0.4) is 0 Å². The van der Waals surface area contributed by atoms with E-state index in [4.69, 9.17) is 23.2 Å². The minimum absolute atomic E-state index is 0.0308. The van der Waals surface area contributed by atoms with Crippen LogP contribution in [0.25, 0.3) is 0 Å². The largest absolute Gasteiger partial charge is 0.380 e. The van der Waals surface area contributed by atoms with Crippen LogP contribution in [0.1, 0.15) is 5.56 Å². The number of rotatable bonds is 4. The van der Waals surface area contributed by atoms with Crippen molar-refractivity contribution in [3.05, 3.63) is 66.6 Å². The van der Waals surface area contributed by atoms with Crippen molar-refractivity contribution < 1.29 is 4.92 Å². The first-order valence-electron chi connectivity index (χ1n) is 5.59. The van der Waals surface area contributed by atoms with Gasteiger partial charge in [0.15, 0.2) is 0 Å². The van der Waals surface area contributed by atoms with E-state index in [9.17, 15) is 10.1 Å². The number of hydrogen-bond acceptors (Lipinski definition) is 3. The molecule has 0 aromatic heterocycles. The van der Waals surface area contributed by atoms with E-state index in [0.29, 0.717) is 21.1 Å². The Morgan fingerprint density at radius 1 is 1.20 bits per heavy atom. The maximum absolute atomic E-state index is 10.7. The van der Waals surface area contributed by atoms with Gasteiger partial charge in [-0.25, -0.2) is 0 Å². The van der Waals surface area contributed by atoms with Crippen molar-refractivity contribution in [1.29, 1.82) is 0 Å². The Labute approximate surface area is 134 Å². The van der Waals surface area contributed by atoms with Gasteiger partial charge in [0.2, 0.25) is 0 Å².